The van der Waals surface area contributed by atoms with Crippen molar-refractivity contribution >= 4 is 17.5 Å². The summed E-state index contributed by atoms with van der Waals surface area (Å²) in [5, 5.41) is 6.76. The van der Waals surface area contributed by atoms with Gasteiger partial charge in [0, 0.05) is 36.3 Å². The molecule has 1 N–H and O–H groups in total. The summed E-state index contributed by atoms with van der Waals surface area (Å²) in [5.74, 6) is 0.752. The number of benzene rings is 1. The third kappa shape index (κ3) is 4.07. The smallest absolute Gasteiger partial charge is 0.253 e. The van der Waals surface area contributed by atoms with E-state index >= 15 is 0 Å². The Morgan fingerprint density at radius 1 is 1.16 bits per heavy atom. The van der Waals surface area contributed by atoms with Crippen LogP contribution in [0.1, 0.15) is 46.6 Å². The molecule has 6 nitrogen and oxygen atoms in total. The molecule has 0 unspecified atom stereocenters. The minimum atomic E-state index is -0.0707. The Kier molecular flexibility index (Phi) is 5.16. The van der Waals surface area contributed by atoms with Crippen molar-refractivity contribution in [2.45, 2.75) is 39.5 Å². The summed E-state index contributed by atoms with van der Waals surface area (Å²) in [7, 11) is 0. The van der Waals surface area contributed by atoms with E-state index in [0.717, 1.165) is 42.9 Å². The largest absolute Gasteiger partial charge is 0.361 e. The molecule has 0 saturated carbocycles. The molecule has 0 spiro atoms. The fourth-order valence-corrected chi connectivity index (χ4v) is 3.12. The number of hydrogen-bond acceptors (Lipinski definition) is 4. The molecule has 132 valence electrons. The van der Waals surface area contributed by atoms with Crippen LogP contribution in [-0.4, -0.2) is 35.0 Å². The molecule has 0 radical (unpaired) electrons. The SMILES string of the molecule is Cc1noc(C)c1CCC(=O)Nc1ccc(C(=O)N2CCCC2)cc1. The van der Waals surface area contributed by atoms with Crippen LogP contribution in [0.2, 0.25) is 0 Å². The van der Waals surface area contributed by atoms with Crippen molar-refractivity contribution < 1.29 is 14.1 Å². The second-order valence-electron chi connectivity index (χ2n) is 6.43. The van der Waals surface area contributed by atoms with E-state index in [1.165, 1.54) is 0 Å². The molecule has 1 aromatic heterocycles. The number of aromatic nitrogens is 1. The zero-order chi connectivity index (χ0) is 17.8. The maximum atomic E-state index is 12.3. The Morgan fingerprint density at radius 3 is 2.44 bits per heavy atom. The van der Waals surface area contributed by atoms with E-state index in [2.05, 4.69) is 10.5 Å². The van der Waals surface area contributed by atoms with Crippen molar-refractivity contribution in [2.24, 2.45) is 0 Å². The monoisotopic (exact) mass is 341 g/mol. The van der Waals surface area contributed by atoms with E-state index in [0.29, 0.717) is 24.1 Å². The fourth-order valence-electron chi connectivity index (χ4n) is 3.12. The molecule has 2 heterocycles. The van der Waals surface area contributed by atoms with Gasteiger partial charge in [0.25, 0.3) is 5.91 Å². The van der Waals surface area contributed by atoms with Crippen LogP contribution in [0.15, 0.2) is 28.8 Å². The van der Waals surface area contributed by atoms with Gasteiger partial charge in [0.1, 0.15) is 5.76 Å². The Bertz CT molecular complexity index is 739. The number of nitrogens with one attached hydrogen (secondary N) is 1. The molecule has 1 aromatic carbocycles. The van der Waals surface area contributed by atoms with Gasteiger partial charge in [-0.15, -0.1) is 0 Å². The molecule has 3 rings (SSSR count). The average Bonchev–Trinajstić information content (AvgIpc) is 3.24. The molecule has 0 aliphatic carbocycles. The van der Waals surface area contributed by atoms with Crippen molar-refractivity contribution in [3.05, 3.63) is 46.8 Å². The Labute approximate surface area is 147 Å². The lowest BCUT2D eigenvalue weighted by Gasteiger charge is -2.15. The lowest BCUT2D eigenvalue weighted by atomic mass is 10.1. The number of carbonyl (C=O) groups is 2. The molecule has 6 heteroatoms. The zero-order valence-corrected chi connectivity index (χ0v) is 14.7. The van der Waals surface area contributed by atoms with Crippen LogP contribution in [-0.2, 0) is 11.2 Å². The maximum absolute atomic E-state index is 12.3. The van der Waals surface area contributed by atoms with Gasteiger partial charge in [-0.1, -0.05) is 5.16 Å². The Balaban J connectivity index is 1.54. The van der Waals surface area contributed by atoms with Gasteiger partial charge >= 0.3 is 0 Å². The lowest BCUT2D eigenvalue weighted by Crippen LogP contribution is -2.27. The maximum Gasteiger partial charge on any atom is 0.253 e. The first kappa shape index (κ1) is 17.2. The van der Waals surface area contributed by atoms with Crippen LogP contribution in [0.25, 0.3) is 0 Å². The van der Waals surface area contributed by atoms with E-state index in [-0.39, 0.29) is 11.8 Å². The summed E-state index contributed by atoms with van der Waals surface area (Å²) in [6.07, 6.45) is 3.10. The number of anilines is 1. The van der Waals surface area contributed by atoms with E-state index in [4.69, 9.17) is 4.52 Å². The summed E-state index contributed by atoms with van der Waals surface area (Å²) in [6, 6.07) is 7.09. The predicted molar refractivity (Wildman–Crippen MR) is 94.5 cm³/mol. The first-order valence-electron chi connectivity index (χ1n) is 8.65. The molecule has 0 atom stereocenters. The summed E-state index contributed by atoms with van der Waals surface area (Å²) in [5.41, 5.74) is 3.18. The van der Waals surface area contributed by atoms with Gasteiger partial charge in [0.2, 0.25) is 5.91 Å². The van der Waals surface area contributed by atoms with Crippen LogP contribution < -0.4 is 5.32 Å². The zero-order valence-electron chi connectivity index (χ0n) is 14.7. The second kappa shape index (κ2) is 7.51. The van der Waals surface area contributed by atoms with E-state index in [9.17, 15) is 9.59 Å². The third-order valence-corrected chi connectivity index (χ3v) is 4.59. The van der Waals surface area contributed by atoms with Gasteiger partial charge in [-0.05, 0) is 57.4 Å². The quantitative estimate of drug-likeness (QED) is 0.907. The number of aryl methyl sites for hydroxylation is 2. The molecule has 2 amide bonds. The lowest BCUT2D eigenvalue weighted by molar-refractivity contribution is -0.116. The highest BCUT2D eigenvalue weighted by molar-refractivity contribution is 5.96. The summed E-state index contributed by atoms with van der Waals surface area (Å²) in [4.78, 5) is 26.3. The average molecular weight is 341 g/mol. The normalized spacial score (nSPS) is 13.9. The highest BCUT2D eigenvalue weighted by Crippen LogP contribution is 2.17. The standard InChI is InChI=1S/C19H23N3O3/c1-13-17(14(2)25-21-13)9-10-18(23)20-16-7-5-15(6-8-16)19(24)22-11-3-4-12-22/h5-8H,3-4,9-12H2,1-2H3,(H,20,23). The van der Waals surface area contributed by atoms with E-state index in [1.54, 1.807) is 24.3 Å². The van der Waals surface area contributed by atoms with E-state index in [1.807, 2.05) is 18.7 Å². The van der Waals surface area contributed by atoms with Crippen molar-refractivity contribution in [1.82, 2.24) is 10.1 Å². The van der Waals surface area contributed by atoms with Crippen molar-refractivity contribution in [3.8, 4) is 0 Å². The number of amides is 2. The van der Waals surface area contributed by atoms with Gasteiger partial charge in [-0.2, -0.15) is 0 Å². The first-order chi connectivity index (χ1) is 12.0. The summed E-state index contributed by atoms with van der Waals surface area (Å²) < 4.78 is 5.11. The van der Waals surface area contributed by atoms with Gasteiger partial charge in [-0.3, -0.25) is 9.59 Å². The predicted octanol–water partition coefficient (Wildman–Crippen LogP) is 3.10. The minimum Gasteiger partial charge on any atom is -0.361 e. The molecular formula is C19H23N3O3. The summed E-state index contributed by atoms with van der Waals surface area (Å²) >= 11 is 0. The number of hydrogen-bond donors (Lipinski definition) is 1. The Hall–Kier alpha value is -2.63. The topological polar surface area (TPSA) is 75.4 Å². The van der Waals surface area contributed by atoms with Gasteiger partial charge < -0.3 is 14.7 Å². The van der Waals surface area contributed by atoms with Gasteiger partial charge in [0.05, 0.1) is 5.69 Å². The molecular weight excluding hydrogens is 318 g/mol. The molecule has 1 aliphatic rings. The van der Waals surface area contributed by atoms with Gasteiger partial charge in [0.15, 0.2) is 0 Å². The third-order valence-electron chi connectivity index (χ3n) is 4.59. The van der Waals surface area contributed by atoms with Gasteiger partial charge in [-0.25, -0.2) is 0 Å². The molecule has 1 saturated heterocycles. The minimum absolute atomic E-state index is 0.0637. The highest BCUT2D eigenvalue weighted by Gasteiger charge is 2.19. The summed E-state index contributed by atoms with van der Waals surface area (Å²) in [6.45, 7) is 5.39. The number of nitrogens with zero attached hydrogens (tertiary/aromatic N) is 2. The van der Waals surface area contributed by atoms with Crippen LogP contribution >= 0.6 is 0 Å². The molecule has 1 fully saturated rings. The van der Waals surface area contributed by atoms with Crippen molar-refractivity contribution in [3.63, 3.8) is 0 Å². The molecule has 1 aliphatic heterocycles. The fraction of sp³-hybridized carbons (Fsp3) is 0.421. The van der Waals surface area contributed by atoms with E-state index < -0.39 is 0 Å². The van der Waals surface area contributed by atoms with Crippen LogP contribution in [0.4, 0.5) is 5.69 Å². The number of likely N-dealkylation sites (tertiary alicyclic amines) is 1. The second-order valence-corrected chi connectivity index (χ2v) is 6.43. The number of carbonyl (C=O) groups excluding carboxylic acids is 2. The molecule has 2 aromatic rings. The Morgan fingerprint density at radius 2 is 1.84 bits per heavy atom. The first-order valence-corrected chi connectivity index (χ1v) is 8.65. The van der Waals surface area contributed by atoms with Crippen LogP contribution in [0, 0.1) is 13.8 Å². The highest BCUT2D eigenvalue weighted by atomic mass is 16.5. The van der Waals surface area contributed by atoms with Crippen LogP contribution in [0.3, 0.4) is 0 Å². The van der Waals surface area contributed by atoms with Crippen molar-refractivity contribution in [1.29, 1.82) is 0 Å². The van der Waals surface area contributed by atoms with Crippen LogP contribution in [0.5, 0.6) is 0 Å². The molecule has 0 bridgehead atoms. The number of rotatable bonds is 5. The van der Waals surface area contributed by atoms with Crippen molar-refractivity contribution in [2.75, 3.05) is 18.4 Å². The molecule has 25 heavy (non-hydrogen) atoms.